The Labute approximate surface area is 161 Å². The highest BCUT2D eigenvalue weighted by Crippen LogP contribution is 2.30. The summed E-state index contributed by atoms with van der Waals surface area (Å²) < 4.78 is 14.3. The van der Waals surface area contributed by atoms with E-state index in [-0.39, 0.29) is 36.2 Å². The van der Waals surface area contributed by atoms with E-state index in [1.807, 2.05) is 0 Å². The highest BCUT2D eigenvalue weighted by atomic mass is 19.1. The first-order valence-corrected chi connectivity index (χ1v) is 9.03. The first kappa shape index (κ1) is 19.7. The Morgan fingerprint density at radius 3 is 2.46 bits per heavy atom. The maximum Gasteiger partial charge on any atom is 0.296 e. The second-order valence-electron chi connectivity index (χ2n) is 7.37. The van der Waals surface area contributed by atoms with Crippen molar-refractivity contribution >= 4 is 11.7 Å². The molecule has 28 heavy (non-hydrogen) atoms. The summed E-state index contributed by atoms with van der Waals surface area (Å²) in [7, 11) is 0. The molecule has 0 unspecified atom stereocenters. The van der Waals surface area contributed by atoms with Crippen molar-refractivity contribution in [3.63, 3.8) is 0 Å². The van der Waals surface area contributed by atoms with Crippen LogP contribution in [-0.2, 0) is 23.3 Å². The summed E-state index contributed by atoms with van der Waals surface area (Å²) in [5, 5.41) is 10.3. The number of aryl methyl sites for hydroxylation is 1. The van der Waals surface area contributed by atoms with Crippen molar-refractivity contribution in [1.82, 2.24) is 14.5 Å². The minimum absolute atomic E-state index is 0.00589. The quantitative estimate of drug-likeness (QED) is 0.810. The molecule has 1 N–H and O–H groups in total. The number of benzene rings is 1. The van der Waals surface area contributed by atoms with Gasteiger partial charge in [0.15, 0.2) is 11.5 Å². The number of rotatable bonds is 4. The summed E-state index contributed by atoms with van der Waals surface area (Å²) in [5.41, 5.74) is -1.13. The molecule has 0 atom stereocenters. The van der Waals surface area contributed by atoms with Gasteiger partial charge in [-0.1, -0.05) is 12.1 Å². The molecule has 8 heteroatoms. The van der Waals surface area contributed by atoms with Crippen molar-refractivity contribution in [2.45, 2.75) is 45.7 Å². The van der Waals surface area contributed by atoms with Crippen molar-refractivity contribution in [2.75, 3.05) is 6.54 Å². The molecule has 0 saturated carbocycles. The first-order valence-electron chi connectivity index (χ1n) is 9.03. The normalized spacial score (nSPS) is 15.2. The fourth-order valence-electron chi connectivity index (χ4n) is 3.59. The van der Waals surface area contributed by atoms with E-state index in [4.69, 9.17) is 0 Å². The first-order chi connectivity index (χ1) is 13.1. The fraction of sp³-hybridized carbons (Fsp3) is 0.400. The maximum absolute atomic E-state index is 13.0. The summed E-state index contributed by atoms with van der Waals surface area (Å²) in [6.45, 7) is 5.44. The number of carbonyl (C=O) groups excluding carboxylic acids is 2. The Morgan fingerprint density at radius 2 is 1.86 bits per heavy atom. The molecule has 0 radical (unpaired) electrons. The van der Waals surface area contributed by atoms with Gasteiger partial charge in [-0.3, -0.25) is 19.0 Å². The molecule has 0 bridgehead atoms. The Morgan fingerprint density at radius 1 is 1.21 bits per heavy atom. The number of nitrogens with zero attached hydrogens (tertiary/aromatic N) is 3. The zero-order valence-electron chi connectivity index (χ0n) is 16.0. The van der Waals surface area contributed by atoms with Gasteiger partial charge in [0, 0.05) is 26.4 Å². The van der Waals surface area contributed by atoms with Gasteiger partial charge in [0.25, 0.3) is 5.56 Å². The Balaban J connectivity index is 1.94. The van der Waals surface area contributed by atoms with Gasteiger partial charge in [0.05, 0.1) is 5.54 Å². The average molecular weight is 387 g/mol. The molecule has 0 saturated heterocycles. The molecule has 2 heterocycles. The number of hydrogen-bond donors (Lipinski definition) is 1. The van der Waals surface area contributed by atoms with Gasteiger partial charge in [-0.15, -0.1) is 0 Å². The van der Waals surface area contributed by atoms with Crippen LogP contribution in [0.15, 0.2) is 29.1 Å². The Bertz CT molecular complexity index is 996. The Kier molecular flexibility index (Phi) is 5.06. The largest absolute Gasteiger partial charge is 0.501 e. The monoisotopic (exact) mass is 387 g/mol. The van der Waals surface area contributed by atoms with Crippen molar-refractivity contribution < 1.29 is 19.1 Å². The van der Waals surface area contributed by atoms with Gasteiger partial charge in [-0.05, 0) is 38.0 Å². The smallest absolute Gasteiger partial charge is 0.296 e. The number of ketones is 1. The third-order valence-corrected chi connectivity index (χ3v) is 5.11. The lowest BCUT2D eigenvalue weighted by molar-refractivity contribution is -0.136. The molecule has 2 aromatic rings. The van der Waals surface area contributed by atoms with Crippen LogP contribution in [0.5, 0.6) is 5.75 Å². The van der Waals surface area contributed by atoms with E-state index in [1.165, 1.54) is 23.6 Å². The SMILES string of the molecule is CC(=O)N1CCn2c(nc(C(=O)CCc3ccc(F)cc3)c(O)c2=O)C1(C)C. The molecule has 1 aromatic heterocycles. The molecule has 1 aromatic carbocycles. The van der Waals surface area contributed by atoms with Gasteiger partial charge >= 0.3 is 0 Å². The minimum atomic E-state index is -0.900. The van der Waals surface area contributed by atoms with Crippen molar-refractivity contribution in [1.29, 1.82) is 0 Å². The number of carbonyl (C=O) groups is 2. The fourth-order valence-corrected chi connectivity index (χ4v) is 3.59. The predicted molar refractivity (Wildman–Crippen MR) is 99.6 cm³/mol. The molecule has 1 amide bonds. The number of halogens is 1. The molecule has 0 aliphatic carbocycles. The highest BCUT2D eigenvalue weighted by molar-refractivity contribution is 5.96. The summed E-state index contributed by atoms with van der Waals surface area (Å²) in [6, 6.07) is 5.76. The highest BCUT2D eigenvalue weighted by Gasteiger charge is 2.40. The zero-order valence-corrected chi connectivity index (χ0v) is 16.0. The van der Waals surface area contributed by atoms with Gasteiger partial charge in [-0.2, -0.15) is 0 Å². The van der Waals surface area contributed by atoms with E-state index in [9.17, 15) is 23.9 Å². The second kappa shape index (κ2) is 7.18. The Hall–Kier alpha value is -3.03. The van der Waals surface area contributed by atoms with E-state index < -0.39 is 22.6 Å². The van der Waals surface area contributed by atoms with Crippen LogP contribution < -0.4 is 5.56 Å². The predicted octanol–water partition coefficient (Wildman–Crippen LogP) is 2.00. The van der Waals surface area contributed by atoms with Crippen LogP contribution in [0.2, 0.25) is 0 Å². The van der Waals surface area contributed by atoms with E-state index in [1.54, 1.807) is 30.9 Å². The lowest BCUT2D eigenvalue weighted by Crippen LogP contribution is -2.54. The summed E-state index contributed by atoms with van der Waals surface area (Å²) in [4.78, 5) is 43.1. The number of aromatic nitrogens is 2. The van der Waals surface area contributed by atoms with Crippen LogP contribution >= 0.6 is 0 Å². The molecular formula is C20H22FN3O4. The van der Waals surface area contributed by atoms with Crippen LogP contribution in [0.1, 0.15) is 49.1 Å². The maximum atomic E-state index is 13.0. The molecule has 7 nitrogen and oxygen atoms in total. The molecule has 148 valence electrons. The van der Waals surface area contributed by atoms with Gasteiger partial charge < -0.3 is 10.0 Å². The zero-order chi connectivity index (χ0) is 20.6. The number of Topliss-reactive ketones (excluding diaryl/α,β-unsaturated/α-hetero) is 1. The lowest BCUT2D eigenvalue weighted by Gasteiger charge is -2.42. The van der Waals surface area contributed by atoms with Gasteiger partial charge in [0.2, 0.25) is 11.7 Å². The van der Waals surface area contributed by atoms with E-state index in [0.717, 1.165) is 5.56 Å². The van der Waals surface area contributed by atoms with Crippen LogP contribution in [-0.4, -0.2) is 37.8 Å². The molecule has 1 aliphatic heterocycles. The van der Waals surface area contributed by atoms with Crippen LogP contribution in [0.25, 0.3) is 0 Å². The standard InChI is InChI=1S/C20H22FN3O4/c1-12(25)24-11-10-23-18(28)17(27)16(22-19(23)20(24,2)3)15(26)9-6-13-4-7-14(21)8-5-13/h4-5,7-8,27H,6,9-11H2,1-3H3. The molecule has 0 fully saturated rings. The lowest BCUT2D eigenvalue weighted by atomic mass is 9.97. The third-order valence-electron chi connectivity index (χ3n) is 5.11. The number of fused-ring (bicyclic) bond motifs is 1. The van der Waals surface area contributed by atoms with Crippen molar-refractivity contribution in [2.24, 2.45) is 0 Å². The second-order valence-corrected chi connectivity index (χ2v) is 7.37. The van der Waals surface area contributed by atoms with Crippen LogP contribution in [0.3, 0.4) is 0 Å². The van der Waals surface area contributed by atoms with Crippen LogP contribution in [0.4, 0.5) is 4.39 Å². The van der Waals surface area contributed by atoms with Crippen LogP contribution in [0, 0.1) is 5.82 Å². The minimum Gasteiger partial charge on any atom is -0.501 e. The van der Waals surface area contributed by atoms with E-state index in [0.29, 0.717) is 13.0 Å². The summed E-state index contributed by atoms with van der Waals surface area (Å²) in [5.74, 6) is -1.43. The molecular weight excluding hydrogens is 365 g/mol. The average Bonchev–Trinajstić information content (AvgIpc) is 2.63. The third kappa shape index (κ3) is 3.42. The number of aromatic hydroxyl groups is 1. The molecule has 3 rings (SSSR count). The topological polar surface area (TPSA) is 92.5 Å². The summed E-state index contributed by atoms with van der Waals surface area (Å²) >= 11 is 0. The summed E-state index contributed by atoms with van der Waals surface area (Å²) in [6.07, 6.45) is 0.327. The van der Waals surface area contributed by atoms with Crippen molar-refractivity contribution in [3.05, 3.63) is 57.5 Å². The van der Waals surface area contributed by atoms with E-state index in [2.05, 4.69) is 4.98 Å². The molecule has 1 aliphatic rings. The molecule has 0 spiro atoms. The van der Waals surface area contributed by atoms with E-state index >= 15 is 0 Å². The van der Waals surface area contributed by atoms with Crippen molar-refractivity contribution in [3.8, 4) is 5.75 Å². The number of hydrogen-bond acceptors (Lipinski definition) is 5. The van der Waals surface area contributed by atoms with Gasteiger partial charge in [0.1, 0.15) is 11.6 Å². The van der Waals surface area contributed by atoms with Gasteiger partial charge in [-0.25, -0.2) is 9.37 Å². The number of amides is 1.